The highest BCUT2D eigenvalue weighted by atomic mass is 33.1. The number of likely N-dealkylation sites (N-methyl/N-ethyl adjacent to an activating group) is 4. The van der Waals surface area contributed by atoms with Gasteiger partial charge in [0.05, 0.1) is 7.11 Å². The van der Waals surface area contributed by atoms with Crippen molar-refractivity contribution in [1.29, 1.82) is 0 Å². The number of amides is 12. The largest absolute Gasteiger partial charge is 0.467 e. The average Bonchev–Trinajstić information content (AvgIpc) is 1.62. The first-order valence-corrected chi connectivity index (χ1v) is 38.0. The number of nitrogens with one attached hydrogen (secondary N) is 6. The van der Waals surface area contributed by atoms with Gasteiger partial charge in [-0.05, 0) is 108 Å². The SMILES string of the molecule is CCC(=O)N[C@@H](Cc1ccccc1)C(=O)N[C@@H](CCCCN=[N+]=[N-])C(=O)N[C@@H](CC(C)C)C(=O)N(C)[C@@H](C)C(=O)N(C)[C@H]1CC(C)N([C@@H](C)C(=O)N(C)[C@@H](Cc2ccccc2)C(=O)N(C)[C@@H](C)C(=O)N[C@@H](C)C(=O)N[C@@H](Cc2ccccc2)C(=O)N[C@@H](CSSC)C(=O)N2CCC[C@H]2C(=O)OC)C1=O. The Labute approximate surface area is 617 Å². The van der Waals surface area contributed by atoms with Gasteiger partial charge in [0, 0.05) is 83.7 Å². The Morgan fingerprint density at radius 1 is 0.625 bits per heavy atom. The summed E-state index contributed by atoms with van der Waals surface area (Å²) in [6, 6.07) is 12.3. The molecule has 0 saturated carbocycles. The number of carbonyl (C=O) groups excluding carboxylic acids is 13. The zero-order valence-electron chi connectivity index (χ0n) is 62.2. The molecule has 0 aromatic heterocycles. The Morgan fingerprint density at radius 2 is 1.14 bits per heavy atom. The summed E-state index contributed by atoms with van der Waals surface area (Å²) in [6.07, 6.45) is 3.98. The summed E-state index contributed by atoms with van der Waals surface area (Å²) in [7, 11) is 9.59. The van der Waals surface area contributed by atoms with Crippen molar-refractivity contribution in [1.82, 2.24) is 61.3 Å². The van der Waals surface area contributed by atoms with Crippen LogP contribution >= 0.6 is 21.6 Å². The van der Waals surface area contributed by atoms with Crippen molar-refractivity contribution in [3.8, 4) is 0 Å². The summed E-state index contributed by atoms with van der Waals surface area (Å²) in [4.78, 5) is 194. The molecule has 0 spiro atoms. The molecule has 13 atom stereocenters. The minimum atomic E-state index is -1.28. The maximum atomic E-state index is 14.9. The second-order valence-corrected chi connectivity index (χ2v) is 29.6. The second kappa shape index (κ2) is 41.9. The molecule has 29 nitrogen and oxygen atoms in total. The Morgan fingerprint density at radius 3 is 1.68 bits per heavy atom. The summed E-state index contributed by atoms with van der Waals surface area (Å²) in [6.45, 7) is 13.3. The van der Waals surface area contributed by atoms with Crippen LogP contribution in [-0.4, -0.2) is 245 Å². The molecule has 0 bridgehead atoms. The lowest BCUT2D eigenvalue weighted by Crippen LogP contribution is -2.60. The van der Waals surface area contributed by atoms with Gasteiger partial charge in [0.15, 0.2) is 0 Å². The Balaban J connectivity index is 1.28. The fourth-order valence-electron chi connectivity index (χ4n) is 12.7. The number of rotatable bonds is 39. The highest BCUT2D eigenvalue weighted by Gasteiger charge is 2.48. The van der Waals surface area contributed by atoms with Crippen LogP contribution in [0, 0.1) is 5.92 Å². The van der Waals surface area contributed by atoms with E-state index in [1.54, 1.807) is 98.8 Å². The Kier molecular flexibility index (Phi) is 34.4. The first kappa shape index (κ1) is 85.4. The van der Waals surface area contributed by atoms with Gasteiger partial charge in [-0.15, -0.1) is 0 Å². The van der Waals surface area contributed by atoms with Crippen LogP contribution in [0.3, 0.4) is 0 Å². The molecule has 2 saturated heterocycles. The first-order chi connectivity index (χ1) is 49.4. The van der Waals surface area contributed by atoms with E-state index in [0.29, 0.717) is 36.8 Å². The number of esters is 1. The van der Waals surface area contributed by atoms with Gasteiger partial charge in [0.2, 0.25) is 70.9 Å². The van der Waals surface area contributed by atoms with Crippen LogP contribution in [0.1, 0.15) is 123 Å². The van der Waals surface area contributed by atoms with Gasteiger partial charge in [-0.3, -0.25) is 57.5 Å². The number of ether oxygens (including phenoxy) is 1. The normalized spacial score (nSPS) is 17.7. The number of hydrogen-bond donors (Lipinski definition) is 6. The van der Waals surface area contributed by atoms with E-state index in [1.807, 2.05) is 26.2 Å². The van der Waals surface area contributed by atoms with Crippen LogP contribution < -0.4 is 31.9 Å². The number of methoxy groups -OCH3 is 1. The van der Waals surface area contributed by atoms with Gasteiger partial charge < -0.3 is 66.0 Å². The van der Waals surface area contributed by atoms with Gasteiger partial charge in [-0.25, -0.2) is 4.79 Å². The van der Waals surface area contributed by atoms with Gasteiger partial charge >= 0.3 is 5.97 Å². The summed E-state index contributed by atoms with van der Waals surface area (Å²) in [5.74, 6) is -8.10. The molecule has 0 radical (unpaired) electrons. The highest BCUT2D eigenvalue weighted by molar-refractivity contribution is 8.76. The molecule has 3 aromatic rings. The fraction of sp³-hybridized carbons (Fsp3) is 0.575. The molecule has 12 amide bonds. The van der Waals surface area contributed by atoms with Crippen molar-refractivity contribution in [2.24, 2.45) is 11.0 Å². The van der Waals surface area contributed by atoms with Gasteiger partial charge in [0.1, 0.15) is 72.5 Å². The van der Waals surface area contributed by atoms with Crippen molar-refractivity contribution in [2.75, 3.05) is 60.4 Å². The highest BCUT2D eigenvalue weighted by Crippen LogP contribution is 2.29. The molecular weight excluding hydrogens is 1380 g/mol. The van der Waals surface area contributed by atoms with Crippen LogP contribution in [0.4, 0.5) is 0 Å². The Bertz CT molecular complexity index is 3500. The van der Waals surface area contributed by atoms with Crippen LogP contribution in [0.2, 0.25) is 0 Å². The molecule has 1 unspecified atom stereocenters. The third-order valence-electron chi connectivity index (χ3n) is 19.1. The van der Waals surface area contributed by atoms with Crippen molar-refractivity contribution in [3.63, 3.8) is 0 Å². The lowest BCUT2D eigenvalue weighted by atomic mass is 10.00. The van der Waals surface area contributed by atoms with Crippen LogP contribution in [0.5, 0.6) is 0 Å². The van der Waals surface area contributed by atoms with Crippen molar-refractivity contribution < 1.29 is 67.1 Å². The fourth-order valence-corrected chi connectivity index (χ4v) is 14.0. The lowest BCUT2D eigenvalue weighted by molar-refractivity contribution is -0.153. The number of hydrogen-bond acceptors (Lipinski definition) is 17. The number of azide groups is 1. The maximum absolute atomic E-state index is 14.9. The molecule has 5 rings (SSSR count). The first-order valence-electron chi connectivity index (χ1n) is 35.3. The minimum absolute atomic E-state index is 0.0000896. The van der Waals surface area contributed by atoms with Gasteiger partial charge in [-0.1, -0.05) is 145 Å². The number of nitrogens with zero attached hydrogens (tertiary/aromatic N) is 9. The predicted octanol–water partition coefficient (Wildman–Crippen LogP) is 4.11. The number of benzene rings is 3. The van der Waals surface area contributed by atoms with Crippen LogP contribution in [0.25, 0.3) is 10.4 Å². The zero-order valence-corrected chi connectivity index (χ0v) is 63.8. The Hall–Kier alpha value is -9.22. The van der Waals surface area contributed by atoms with Crippen molar-refractivity contribution in [3.05, 3.63) is 118 Å². The topological polar surface area (TPSA) is 372 Å². The molecule has 3 aromatic carbocycles. The molecule has 0 aliphatic carbocycles. The summed E-state index contributed by atoms with van der Waals surface area (Å²) in [5, 5.41) is 20.2. The average molecular weight is 1480 g/mol. The van der Waals surface area contributed by atoms with E-state index in [-0.39, 0.29) is 75.6 Å². The predicted molar refractivity (Wildman–Crippen MR) is 396 cm³/mol. The number of likely N-dealkylation sites (tertiary alicyclic amines) is 2. The third-order valence-corrected chi connectivity index (χ3v) is 20.9. The quantitative estimate of drug-likeness (QED) is 0.0117. The summed E-state index contributed by atoms with van der Waals surface area (Å²) in [5.41, 5.74) is 11.0. The van der Waals surface area contributed by atoms with Crippen LogP contribution in [-0.2, 0) is 86.3 Å². The molecule has 568 valence electrons. The molecule has 2 aliphatic heterocycles. The molecule has 2 aliphatic rings. The van der Waals surface area contributed by atoms with E-state index < -0.39 is 149 Å². The molecule has 104 heavy (non-hydrogen) atoms. The molecular formula is C73H105N15O14S2. The van der Waals surface area contributed by atoms with Gasteiger partial charge in [-0.2, -0.15) is 0 Å². The van der Waals surface area contributed by atoms with E-state index in [0.717, 1.165) is 10.5 Å². The van der Waals surface area contributed by atoms with Crippen molar-refractivity contribution in [2.45, 2.75) is 205 Å². The lowest BCUT2D eigenvalue weighted by Gasteiger charge is -2.37. The number of unbranched alkanes of at least 4 members (excludes halogenated alkanes) is 1. The van der Waals surface area contributed by atoms with E-state index in [1.165, 1.54) is 109 Å². The maximum Gasteiger partial charge on any atom is 0.328 e. The monoisotopic (exact) mass is 1480 g/mol. The van der Waals surface area contributed by atoms with E-state index in [4.69, 9.17) is 10.3 Å². The standard InChI is InChI=1S/C73H105N15O14S2/c1-15-61(89)77-54(40-50-28-19-16-20-29-50)65(93)78-53(34-25-26-36-75-82-74)64(92)80-56(38-44(2)3)69(97)84(10)48(7)67(95)85(11)59-39-45(4)88(72(59)100)49(8)68(96)86(12)60(42-52-32-23-18-24-33-52)71(99)83(9)47(6)63(91)76-46(5)62(90)79-55(41-51-30-21-17-22-31-51)66(94)81-57(43-104-103-14)70(98)87-37-27-35-58(87)73(101)102-13/h16-24,28-33,44-49,53-60H,15,25-27,34-43H2,1-14H3,(H,76,91)(H,77,89)(H,78,93)(H,79,90)(H,80,92)(H,81,94)/t45?,46-,47-,48-,49-,53-,54-,55-,56-,57-,58-,59-,60-/m0/s1. The minimum Gasteiger partial charge on any atom is -0.467 e. The van der Waals surface area contributed by atoms with Crippen molar-refractivity contribution >= 4 is 98.4 Å². The van der Waals surface area contributed by atoms with E-state index >= 15 is 0 Å². The molecule has 31 heteroatoms. The smallest absolute Gasteiger partial charge is 0.328 e. The van der Waals surface area contributed by atoms with Crippen LogP contribution in [0.15, 0.2) is 96.1 Å². The molecule has 6 N–H and O–H groups in total. The van der Waals surface area contributed by atoms with Gasteiger partial charge in [0.25, 0.3) is 0 Å². The zero-order chi connectivity index (χ0) is 77.1. The summed E-state index contributed by atoms with van der Waals surface area (Å²) >= 11 is 0. The number of carbonyl (C=O) groups is 13. The third kappa shape index (κ3) is 24.2. The molecule has 2 fully saturated rings. The van der Waals surface area contributed by atoms with E-state index in [2.05, 4.69) is 41.9 Å². The summed E-state index contributed by atoms with van der Waals surface area (Å²) < 4.78 is 4.96. The molecule has 2 heterocycles. The second-order valence-electron chi connectivity index (χ2n) is 26.9. The van der Waals surface area contributed by atoms with E-state index in [9.17, 15) is 62.3 Å².